The fourth-order valence-electron chi connectivity index (χ4n) is 2.39. The van der Waals surface area contributed by atoms with Gasteiger partial charge in [0, 0.05) is 24.6 Å². The van der Waals surface area contributed by atoms with Crippen molar-refractivity contribution < 1.29 is 9.59 Å². The highest BCUT2D eigenvalue weighted by molar-refractivity contribution is 6.21. The summed E-state index contributed by atoms with van der Waals surface area (Å²) in [5.41, 5.74) is 2.99. The lowest BCUT2D eigenvalue weighted by molar-refractivity contribution is 0.0652. The summed E-state index contributed by atoms with van der Waals surface area (Å²) in [4.78, 5) is 29.4. The number of carbonyl (C=O) groups is 2. The molecule has 2 amide bonds. The van der Waals surface area contributed by atoms with Crippen molar-refractivity contribution >= 4 is 11.8 Å². The number of nitrogens with zero attached hydrogens (tertiary/aromatic N) is 3. The Hall–Kier alpha value is -2.50. The van der Waals surface area contributed by atoms with Gasteiger partial charge in [0.15, 0.2) is 0 Å². The van der Waals surface area contributed by atoms with Crippen LogP contribution in [0.15, 0.2) is 24.7 Å². The van der Waals surface area contributed by atoms with Crippen LogP contribution in [0.1, 0.15) is 38.4 Å². The second-order valence-electron chi connectivity index (χ2n) is 4.81. The van der Waals surface area contributed by atoms with Crippen molar-refractivity contribution in [1.82, 2.24) is 20.1 Å². The van der Waals surface area contributed by atoms with E-state index in [4.69, 9.17) is 0 Å². The molecule has 6 nitrogen and oxygen atoms in total. The summed E-state index contributed by atoms with van der Waals surface area (Å²) >= 11 is 0. The summed E-state index contributed by atoms with van der Waals surface area (Å²) in [5.74, 6) is -0.474. The highest BCUT2D eigenvalue weighted by atomic mass is 16.2. The van der Waals surface area contributed by atoms with Crippen LogP contribution >= 0.6 is 0 Å². The van der Waals surface area contributed by atoms with Crippen LogP contribution in [0.3, 0.4) is 0 Å². The van der Waals surface area contributed by atoms with E-state index in [2.05, 4.69) is 15.2 Å². The van der Waals surface area contributed by atoms with Crippen LogP contribution < -0.4 is 0 Å². The molecule has 0 radical (unpaired) electrons. The zero-order valence-corrected chi connectivity index (χ0v) is 11.1. The summed E-state index contributed by atoms with van der Waals surface area (Å²) in [6.07, 6.45) is 6.27. The minimum Gasteiger partial charge on any atom is -0.283 e. The number of imide groups is 1. The number of rotatable bonds is 4. The van der Waals surface area contributed by atoms with Crippen LogP contribution in [0.25, 0.3) is 0 Å². The van der Waals surface area contributed by atoms with Gasteiger partial charge in [0.2, 0.25) is 0 Å². The normalized spacial score (nSPS) is 13.9. The molecular formula is C14H14N4O2. The maximum atomic E-state index is 12.1. The Morgan fingerprint density at radius 3 is 2.70 bits per heavy atom. The molecule has 0 fully saturated rings. The first kappa shape index (κ1) is 12.5. The van der Waals surface area contributed by atoms with Crippen molar-refractivity contribution in [2.45, 2.75) is 19.8 Å². The molecule has 1 aliphatic rings. The summed E-state index contributed by atoms with van der Waals surface area (Å²) in [6.45, 7) is 2.37. The lowest BCUT2D eigenvalue weighted by Crippen LogP contribution is -2.30. The van der Waals surface area contributed by atoms with Crippen molar-refractivity contribution in [2.75, 3.05) is 6.54 Å². The Bertz CT molecular complexity index is 642. The molecule has 0 saturated carbocycles. The van der Waals surface area contributed by atoms with Crippen molar-refractivity contribution in [3.8, 4) is 0 Å². The van der Waals surface area contributed by atoms with Gasteiger partial charge in [0.05, 0.1) is 17.3 Å². The van der Waals surface area contributed by atoms with E-state index >= 15 is 0 Å². The SMILES string of the molecule is Cc1[nH]ncc1CCCN1C(=O)c2ccncc2C1=O. The molecule has 102 valence electrons. The van der Waals surface area contributed by atoms with E-state index in [1.54, 1.807) is 12.3 Å². The van der Waals surface area contributed by atoms with E-state index in [1.165, 1.54) is 17.3 Å². The Labute approximate surface area is 115 Å². The van der Waals surface area contributed by atoms with Crippen LogP contribution in [-0.2, 0) is 6.42 Å². The minimum atomic E-state index is -0.248. The molecule has 0 spiro atoms. The quantitative estimate of drug-likeness (QED) is 0.850. The molecule has 0 aromatic carbocycles. The molecule has 2 aromatic rings. The molecule has 0 saturated heterocycles. The lowest BCUT2D eigenvalue weighted by Gasteiger charge is -2.13. The number of nitrogens with one attached hydrogen (secondary N) is 1. The summed E-state index contributed by atoms with van der Waals surface area (Å²) in [5, 5.41) is 6.83. The van der Waals surface area contributed by atoms with Crippen LogP contribution in [0.2, 0.25) is 0 Å². The van der Waals surface area contributed by atoms with Gasteiger partial charge in [0.1, 0.15) is 0 Å². The van der Waals surface area contributed by atoms with Gasteiger partial charge in [-0.05, 0) is 31.4 Å². The van der Waals surface area contributed by atoms with Gasteiger partial charge in [0.25, 0.3) is 11.8 Å². The first-order chi connectivity index (χ1) is 9.68. The average Bonchev–Trinajstić information content (AvgIpc) is 2.97. The van der Waals surface area contributed by atoms with E-state index in [0.717, 1.165) is 24.1 Å². The van der Waals surface area contributed by atoms with Gasteiger partial charge in [-0.2, -0.15) is 5.10 Å². The maximum absolute atomic E-state index is 12.1. The number of H-pyrrole nitrogens is 1. The summed E-state index contributed by atoms with van der Waals surface area (Å²) in [6, 6.07) is 1.59. The number of aromatic nitrogens is 3. The van der Waals surface area contributed by atoms with Crippen LogP contribution in [0, 0.1) is 6.92 Å². The third-order valence-electron chi connectivity index (χ3n) is 3.53. The molecule has 0 unspecified atom stereocenters. The minimum absolute atomic E-state index is 0.226. The fourth-order valence-corrected chi connectivity index (χ4v) is 2.39. The molecule has 2 aromatic heterocycles. The van der Waals surface area contributed by atoms with Crippen molar-refractivity contribution in [3.63, 3.8) is 0 Å². The molecule has 6 heteroatoms. The Kier molecular flexibility index (Phi) is 3.06. The molecule has 3 rings (SSSR count). The molecule has 0 bridgehead atoms. The largest absolute Gasteiger partial charge is 0.283 e. The standard InChI is InChI=1S/C14H14N4O2/c1-9-10(7-16-17-9)3-2-6-18-13(19)11-4-5-15-8-12(11)14(18)20/h4-5,7-8H,2-3,6H2,1H3,(H,16,17). The molecule has 1 N–H and O–H groups in total. The number of carbonyl (C=O) groups excluding carboxylic acids is 2. The summed E-state index contributed by atoms with van der Waals surface area (Å²) < 4.78 is 0. The number of hydrogen-bond acceptors (Lipinski definition) is 4. The van der Waals surface area contributed by atoms with E-state index < -0.39 is 0 Å². The van der Waals surface area contributed by atoms with Gasteiger partial charge in [-0.15, -0.1) is 0 Å². The van der Waals surface area contributed by atoms with Crippen molar-refractivity contribution in [1.29, 1.82) is 0 Å². The molecule has 0 aliphatic carbocycles. The zero-order chi connectivity index (χ0) is 14.1. The predicted molar refractivity (Wildman–Crippen MR) is 71.2 cm³/mol. The van der Waals surface area contributed by atoms with Crippen LogP contribution in [0.5, 0.6) is 0 Å². The number of hydrogen-bond donors (Lipinski definition) is 1. The highest BCUT2D eigenvalue weighted by Crippen LogP contribution is 2.21. The fraction of sp³-hybridized carbons (Fsp3) is 0.286. The zero-order valence-electron chi connectivity index (χ0n) is 11.1. The monoisotopic (exact) mass is 270 g/mol. The van der Waals surface area contributed by atoms with Gasteiger partial charge >= 0.3 is 0 Å². The number of amides is 2. The third kappa shape index (κ3) is 1.99. The Balaban J connectivity index is 1.67. The number of aryl methyl sites for hydroxylation is 2. The first-order valence-corrected chi connectivity index (χ1v) is 6.47. The smallest absolute Gasteiger partial charge is 0.263 e. The number of pyridine rings is 1. The van der Waals surface area contributed by atoms with Crippen LogP contribution in [0.4, 0.5) is 0 Å². The number of fused-ring (bicyclic) bond motifs is 1. The second-order valence-corrected chi connectivity index (χ2v) is 4.81. The van der Waals surface area contributed by atoms with Gasteiger partial charge in [-0.1, -0.05) is 0 Å². The molecule has 1 aliphatic heterocycles. The van der Waals surface area contributed by atoms with E-state index in [-0.39, 0.29) is 11.8 Å². The lowest BCUT2D eigenvalue weighted by atomic mass is 10.1. The van der Waals surface area contributed by atoms with Crippen molar-refractivity contribution in [2.24, 2.45) is 0 Å². The predicted octanol–water partition coefficient (Wildman–Crippen LogP) is 1.34. The van der Waals surface area contributed by atoms with Gasteiger partial charge in [-0.25, -0.2) is 0 Å². The molecule has 20 heavy (non-hydrogen) atoms. The average molecular weight is 270 g/mol. The molecular weight excluding hydrogens is 256 g/mol. The third-order valence-corrected chi connectivity index (χ3v) is 3.53. The van der Waals surface area contributed by atoms with Crippen LogP contribution in [-0.4, -0.2) is 38.4 Å². The van der Waals surface area contributed by atoms with Gasteiger partial charge < -0.3 is 0 Å². The summed E-state index contributed by atoms with van der Waals surface area (Å²) in [7, 11) is 0. The van der Waals surface area contributed by atoms with Gasteiger partial charge in [-0.3, -0.25) is 24.6 Å². The van der Waals surface area contributed by atoms with E-state index in [1.807, 2.05) is 6.92 Å². The Morgan fingerprint density at radius 1 is 1.20 bits per heavy atom. The highest BCUT2D eigenvalue weighted by Gasteiger charge is 2.34. The van der Waals surface area contributed by atoms with E-state index in [9.17, 15) is 9.59 Å². The van der Waals surface area contributed by atoms with Crippen molar-refractivity contribution in [3.05, 3.63) is 47.0 Å². The molecule has 3 heterocycles. The first-order valence-electron chi connectivity index (χ1n) is 6.47. The topological polar surface area (TPSA) is 79.0 Å². The van der Waals surface area contributed by atoms with E-state index in [0.29, 0.717) is 17.7 Å². The molecule has 0 atom stereocenters. The Morgan fingerprint density at radius 2 is 2.00 bits per heavy atom. The maximum Gasteiger partial charge on any atom is 0.263 e. The number of aromatic amines is 1. The second kappa shape index (κ2) is 4.88.